The molecule has 0 saturated heterocycles. The largest absolute Gasteiger partial charge is 0.433 e. The first-order valence-corrected chi connectivity index (χ1v) is 6.10. The van der Waals surface area contributed by atoms with E-state index in [1.54, 1.807) is 12.4 Å². The van der Waals surface area contributed by atoms with Crippen LogP contribution in [0.15, 0.2) is 24.5 Å². The molecule has 0 amide bonds. The molecule has 2 rings (SSSR count). The molecule has 0 aliphatic heterocycles. The summed E-state index contributed by atoms with van der Waals surface area (Å²) in [5.41, 5.74) is 5.34. The number of Topliss-reactive ketones (excluding diaryl/α,β-unsaturated/α-hetero) is 1. The number of nitrogens with two attached hydrogens (primary N) is 1. The number of nitrogens with zero attached hydrogens (tertiary/aromatic N) is 3. The van der Waals surface area contributed by atoms with E-state index in [0.29, 0.717) is 12.1 Å². The average Bonchev–Trinajstić information content (AvgIpc) is 2.85. The molecule has 2 aromatic rings. The monoisotopic (exact) mass is 334 g/mol. The van der Waals surface area contributed by atoms with Gasteiger partial charge in [-0.15, -0.1) is 12.4 Å². The Labute approximate surface area is 130 Å². The van der Waals surface area contributed by atoms with Gasteiger partial charge in [-0.3, -0.25) is 9.48 Å². The molecule has 0 saturated carbocycles. The van der Waals surface area contributed by atoms with Gasteiger partial charge in [-0.05, 0) is 6.07 Å². The minimum atomic E-state index is -4.58. The summed E-state index contributed by atoms with van der Waals surface area (Å²) in [5.74, 6) is -0.526. The predicted molar refractivity (Wildman–Crippen MR) is 75.7 cm³/mol. The second-order valence-electron chi connectivity index (χ2n) is 4.51. The van der Waals surface area contributed by atoms with Crippen molar-refractivity contribution in [1.82, 2.24) is 14.8 Å². The Morgan fingerprint density at radius 1 is 1.36 bits per heavy atom. The van der Waals surface area contributed by atoms with Gasteiger partial charge in [0.05, 0.1) is 12.7 Å². The first-order chi connectivity index (χ1) is 9.81. The van der Waals surface area contributed by atoms with Gasteiger partial charge in [0.15, 0.2) is 5.78 Å². The van der Waals surface area contributed by atoms with Gasteiger partial charge in [-0.1, -0.05) is 6.07 Å². The first kappa shape index (κ1) is 18.1. The fourth-order valence-corrected chi connectivity index (χ4v) is 1.85. The summed E-state index contributed by atoms with van der Waals surface area (Å²) in [5, 5.41) is 4.03. The van der Waals surface area contributed by atoms with E-state index in [1.807, 2.05) is 0 Å². The van der Waals surface area contributed by atoms with Crippen LogP contribution >= 0.6 is 12.4 Å². The van der Waals surface area contributed by atoms with Crippen LogP contribution in [0.25, 0.3) is 0 Å². The van der Waals surface area contributed by atoms with E-state index in [0.717, 1.165) is 11.6 Å². The van der Waals surface area contributed by atoms with Crippen LogP contribution in [0.2, 0.25) is 0 Å². The molecular formula is C13H14ClF3N4O. The van der Waals surface area contributed by atoms with Crippen molar-refractivity contribution < 1.29 is 18.0 Å². The van der Waals surface area contributed by atoms with Gasteiger partial charge in [0.1, 0.15) is 11.4 Å². The molecule has 0 aliphatic rings. The number of aromatic nitrogens is 3. The number of halogens is 4. The maximum Gasteiger partial charge on any atom is 0.433 e. The molecule has 0 atom stereocenters. The Balaban J connectivity index is 0.00000242. The summed E-state index contributed by atoms with van der Waals surface area (Å²) >= 11 is 0. The lowest BCUT2D eigenvalue weighted by Crippen LogP contribution is -2.14. The summed E-state index contributed by atoms with van der Waals surface area (Å²) in [6.07, 6.45) is -1.35. The SMILES string of the molecule is CC(=O)c1nc(C(F)(F)F)ccc1Cn1cc(CN)cn1.Cl. The van der Waals surface area contributed by atoms with Gasteiger partial charge < -0.3 is 5.73 Å². The zero-order chi connectivity index (χ0) is 15.6. The van der Waals surface area contributed by atoms with Crippen LogP contribution in [0.1, 0.15) is 34.2 Å². The van der Waals surface area contributed by atoms with Gasteiger partial charge in [0.2, 0.25) is 0 Å². The van der Waals surface area contributed by atoms with Crippen molar-refractivity contribution in [2.45, 2.75) is 26.2 Å². The number of hydrogen-bond donors (Lipinski definition) is 1. The number of rotatable bonds is 4. The van der Waals surface area contributed by atoms with Gasteiger partial charge in [0, 0.05) is 30.8 Å². The van der Waals surface area contributed by atoms with E-state index in [1.165, 1.54) is 17.7 Å². The molecule has 0 aliphatic carbocycles. The van der Waals surface area contributed by atoms with Gasteiger partial charge in [-0.25, -0.2) is 4.98 Å². The lowest BCUT2D eigenvalue weighted by Gasteiger charge is -2.11. The molecule has 0 radical (unpaired) electrons. The first-order valence-electron chi connectivity index (χ1n) is 6.10. The van der Waals surface area contributed by atoms with E-state index < -0.39 is 17.7 Å². The number of carbonyl (C=O) groups is 1. The van der Waals surface area contributed by atoms with Crippen LogP contribution in [0.4, 0.5) is 13.2 Å². The zero-order valence-corrected chi connectivity index (χ0v) is 12.4. The molecule has 0 fully saturated rings. The summed E-state index contributed by atoms with van der Waals surface area (Å²) in [6, 6.07) is 2.10. The highest BCUT2D eigenvalue weighted by Gasteiger charge is 2.33. The van der Waals surface area contributed by atoms with E-state index >= 15 is 0 Å². The quantitative estimate of drug-likeness (QED) is 0.871. The number of pyridine rings is 1. The highest BCUT2D eigenvalue weighted by Crippen LogP contribution is 2.28. The van der Waals surface area contributed by atoms with Crippen molar-refractivity contribution in [3.63, 3.8) is 0 Å². The van der Waals surface area contributed by atoms with Crippen LogP contribution in [-0.2, 0) is 19.3 Å². The molecule has 0 unspecified atom stereocenters. The van der Waals surface area contributed by atoms with E-state index in [4.69, 9.17) is 5.73 Å². The Morgan fingerprint density at radius 2 is 2.05 bits per heavy atom. The van der Waals surface area contributed by atoms with E-state index in [9.17, 15) is 18.0 Å². The maximum absolute atomic E-state index is 12.6. The molecule has 9 heteroatoms. The van der Waals surface area contributed by atoms with Crippen LogP contribution in [-0.4, -0.2) is 20.5 Å². The predicted octanol–water partition coefficient (Wildman–Crippen LogP) is 2.43. The third kappa shape index (κ3) is 4.05. The molecule has 2 heterocycles. The van der Waals surface area contributed by atoms with E-state index in [-0.39, 0.29) is 24.6 Å². The van der Waals surface area contributed by atoms with Crippen molar-refractivity contribution in [3.05, 3.63) is 47.0 Å². The molecule has 0 spiro atoms. The Morgan fingerprint density at radius 3 is 2.55 bits per heavy atom. The van der Waals surface area contributed by atoms with Crippen LogP contribution < -0.4 is 5.73 Å². The van der Waals surface area contributed by atoms with Gasteiger partial charge in [0.25, 0.3) is 0 Å². The van der Waals surface area contributed by atoms with Gasteiger partial charge >= 0.3 is 6.18 Å². The summed E-state index contributed by atoms with van der Waals surface area (Å²) in [7, 11) is 0. The zero-order valence-electron chi connectivity index (χ0n) is 11.6. The number of ketones is 1. The molecule has 5 nitrogen and oxygen atoms in total. The third-order valence-corrected chi connectivity index (χ3v) is 2.86. The number of hydrogen-bond acceptors (Lipinski definition) is 4. The number of carbonyl (C=O) groups excluding carboxylic acids is 1. The van der Waals surface area contributed by atoms with Crippen molar-refractivity contribution in [1.29, 1.82) is 0 Å². The second-order valence-corrected chi connectivity index (χ2v) is 4.51. The van der Waals surface area contributed by atoms with E-state index in [2.05, 4.69) is 10.1 Å². The van der Waals surface area contributed by atoms with Gasteiger partial charge in [-0.2, -0.15) is 18.3 Å². The Bertz CT molecular complexity index is 670. The fraction of sp³-hybridized carbons (Fsp3) is 0.308. The minimum absolute atomic E-state index is 0. The summed E-state index contributed by atoms with van der Waals surface area (Å²) in [4.78, 5) is 14.9. The lowest BCUT2D eigenvalue weighted by molar-refractivity contribution is -0.141. The Hall–Kier alpha value is -1.93. The molecule has 0 bridgehead atoms. The molecule has 2 N–H and O–H groups in total. The lowest BCUT2D eigenvalue weighted by atomic mass is 10.1. The summed E-state index contributed by atoms with van der Waals surface area (Å²) in [6.45, 7) is 1.64. The van der Waals surface area contributed by atoms with Crippen LogP contribution in [0, 0.1) is 0 Å². The van der Waals surface area contributed by atoms with Crippen molar-refractivity contribution in [2.75, 3.05) is 0 Å². The van der Waals surface area contributed by atoms with Crippen LogP contribution in [0.5, 0.6) is 0 Å². The van der Waals surface area contributed by atoms with Crippen LogP contribution in [0.3, 0.4) is 0 Å². The number of alkyl halides is 3. The normalized spacial score (nSPS) is 11.1. The highest BCUT2D eigenvalue weighted by molar-refractivity contribution is 5.93. The Kier molecular flexibility index (Phi) is 5.67. The molecule has 22 heavy (non-hydrogen) atoms. The average molecular weight is 335 g/mol. The topological polar surface area (TPSA) is 73.8 Å². The second kappa shape index (κ2) is 6.89. The fourth-order valence-electron chi connectivity index (χ4n) is 1.85. The van der Waals surface area contributed by atoms with Crippen molar-refractivity contribution in [3.8, 4) is 0 Å². The molecule has 2 aromatic heterocycles. The smallest absolute Gasteiger partial charge is 0.326 e. The summed E-state index contributed by atoms with van der Waals surface area (Å²) < 4.78 is 39.4. The standard InChI is InChI=1S/C13H13F3N4O.ClH/c1-8(21)12-10(2-3-11(19-12)13(14,15)16)7-20-6-9(4-17)5-18-20;/h2-3,5-6H,4,7,17H2,1H3;1H. The molecule has 120 valence electrons. The maximum atomic E-state index is 12.6. The third-order valence-electron chi connectivity index (χ3n) is 2.86. The van der Waals surface area contributed by atoms with Crippen molar-refractivity contribution in [2.24, 2.45) is 5.73 Å². The minimum Gasteiger partial charge on any atom is -0.326 e. The molecule has 0 aromatic carbocycles. The highest BCUT2D eigenvalue weighted by atomic mass is 35.5. The molecular weight excluding hydrogens is 321 g/mol. The van der Waals surface area contributed by atoms with Crippen molar-refractivity contribution >= 4 is 18.2 Å².